The number of rotatable bonds is 3. The normalized spacial score (nSPS) is 17.3. The molecular weight excluding hydrogens is 382 g/mol. The Balaban J connectivity index is 1.58. The third kappa shape index (κ3) is 3.09. The van der Waals surface area contributed by atoms with Crippen molar-refractivity contribution in [3.8, 4) is 11.4 Å². The van der Waals surface area contributed by atoms with Crippen LogP contribution in [-0.4, -0.2) is 22.6 Å². The number of hydrogen-bond donors (Lipinski definition) is 0. The third-order valence-electron chi connectivity index (χ3n) is 4.41. The average molecular weight is 398 g/mol. The molecule has 0 bridgehead atoms. The van der Waals surface area contributed by atoms with Crippen LogP contribution in [0, 0.1) is 6.92 Å². The summed E-state index contributed by atoms with van der Waals surface area (Å²) in [6, 6.07) is 15.6. The summed E-state index contributed by atoms with van der Waals surface area (Å²) in [5.41, 5.74) is 2.91. The molecule has 1 unspecified atom stereocenters. The van der Waals surface area contributed by atoms with Crippen molar-refractivity contribution in [1.29, 1.82) is 0 Å². The standard InChI is InChI=1S/C19H16BrN3O2/c1-12-5-2-3-8-16(12)23-11-14(10-17(23)24)19-21-18(22-25-19)13-6-4-7-15(20)9-13/h2-9,14H,10-11H2,1H3. The molecule has 1 aliphatic heterocycles. The zero-order valence-corrected chi connectivity index (χ0v) is 15.2. The smallest absolute Gasteiger partial charge is 0.232 e. The summed E-state index contributed by atoms with van der Waals surface area (Å²) in [4.78, 5) is 18.8. The van der Waals surface area contributed by atoms with Gasteiger partial charge >= 0.3 is 0 Å². The molecule has 1 atom stereocenters. The molecule has 1 fully saturated rings. The molecule has 1 aliphatic rings. The van der Waals surface area contributed by atoms with E-state index >= 15 is 0 Å². The van der Waals surface area contributed by atoms with E-state index in [1.165, 1.54) is 0 Å². The van der Waals surface area contributed by atoms with Crippen molar-refractivity contribution in [3.63, 3.8) is 0 Å². The number of hydrogen-bond acceptors (Lipinski definition) is 4. The fourth-order valence-corrected chi connectivity index (χ4v) is 3.52. The number of halogens is 1. The Bertz CT molecular complexity index is 938. The van der Waals surface area contributed by atoms with Gasteiger partial charge in [0.2, 0.25) is 17.6 Å². The molecule has 0 spiro atoms. The van der Waals surface area contributed by atoms with Gasteiger partial charge in [-0.15, -0.1) is 0 Å². The molecule has 1 amide bonds. The molecule has 6 heteroatoms. The Morgan fingerprint density at radius 3 is 2.84 bits per heavy atom. The van der Waals surface area contributed by atoms with Crippen LogP contribution in [0.3, 0.4) is 0 Å². The maximum Gasteiger partial charge on any atom is 0.232 e. The number of anilines is 1. The minimum atomic E-state index is -0.0829. The van der Waals surface area contributed by atoms with Crippen molar-refractivity contribution in [3.05, 3.63) is 64.5 Å². The molecule has 1 aromatic heterocycles. The van der Waals surface area contributed by atoms with Gasteiger partial charge in [0, 0.05) is 28.7 Å². The zero-order valence-electron chi connectivity index (χ0n) is 13.6. The number of carbonyl (C=O) groups excluding carboxylic acids is 1. The van der Waals surface area contributed by atoms with Crippen LogP contribution in [0.5, 0.6) is 0 Å². The molecule has 4 rings (SSSR count). The van der Waals surface area contributed by atoms with E-state index in [1.807, 2.05) is 60.4 Å². The highest BCUT2D eigenvalue weighted by atomic mass is 79.9. The molecule has 2 heterocycles. The van der Waals surface area contributed by atoms with Gasteiger partial charge in [0.25, 0.3) is 0 Å². The molecule has 126 valence electrons. The average Bonchev–Trinajstić information content (AvgIpc) is 3.22. The molecule has 0 radical (unpaired) electrons. The van der Waals surface area contributed by atoms with E-state index in [4.69, 9.17) is 4.52 Å². The van der Waals surface area contributed by atoms with Crippen molar-refractivity contribution >= 4 is 27.5 Å². The molecule has 0 N–H and O–H groups in total. The van der Waals surface area contributed by atoms with Gasteiger partial charge < -0.3 is 9.42 Å². The summed E-state index contributed by atoms with van der Waals surface area (Å²) in [6.07, 6.45) is 0.383. The lowest BCUT2D eigenvalue weighted by Crippen LogP contribution is -2.25. The van der Waals surface area contributed by atoms with Gasteiger partial charge in [-0.25, -0.2) is 0 Å². The van der Waals surface area contributed by atoms with Gasteiger partial charge in [-0.1, -0.05) is 51.4 Å². The fourth-order valence-electron chi connectivity index (χ4n) is 3.12. The van der Waals surface area contributed by atoms with Gasteiger partial charge in [-0.05, 0) is 30.7 Å². The van der Waals surface area contributed by atoms with Crippen LogP contribution in [0.25, 0.3) is 11.4 Å². The highest BCUT2D eigenvalue weighted by Crippen LogP contribution is 2.33. The van der Waals surface area contributed by atoms with E-state index in [1.54, 1.807) is 0 Å². The van der Waals surface area contributed by atoms with Gasteiger partial charge in [0.1, 0.15) is 0 Å². The largest absolute Gasteiger partial charge is 0.339 e. The number of benzene rings is 2. The zero-order chi connectivity index (χ0) is 17.4. The first-order valence-electron chi connectivity index (χ1n) is 8.07. The first kappa shape index (κ1) is 16.0. The van der Waals surface area contributed by atoms with Crippen molar-refractivity contribution in [2.45, 2.75) is 19.3 Å². The van der Waals surface area contributed by atoms with Crippen LogP contribution < -0.4 is 4.90 Å². The van der Waals surface area contributed by atoms with Crippen LogP contribution in [0.15, 0.2) is 57.5 Å². The lowest BCUT2D eigenvalue weighted by atomic mass is 10.1. The molecular formula is C19H16BrN3O2. The maximum atomic E-state index is 12.5. The van der Waals surface area contributed by atoms with Gasteiger partial charge in [-0.2, -0.15) is 4.98 Å². The number of carbonyl (C=O) groups is 1. The Labute approximate surface area is 153 Å². The molecule has 0 aliphatic carbocycles. The molecule has 5 nitrogen and oxygen atoms in total. The summed E-state index contributed by atoms with van der Waals surface area (Å²) in [5, 5.41) is 4.08. The minimum absolute atomic E-state index is 0.0829. The lowest BCUT2D eigenvalue weighted by molar-refractivity contribution is -0.117. The van der Waals surface area contributed by atoms with E-state index in [-0.39, 0.29) is 11.8 Å². The second kappa shape index (κ2) is 6.44. The van der Waals surface area contributed by atoms with Crippen LogP contribution in [0.4, 0.5) is 5.69 Å². The number of amides is 1. The number of aromatic nitrogens is 2. The predicted octanol–water partition coefficient (Wildman–Crippen LogP) is 4.33. The van der Waals surface area contributed by atoms with Crippen LogP contribution >= 0.6 is 15.9 Å². The van der Waals surface area contributed by atoms with Crippen molar-refractivity contribution in [1.82, 2.24) is 10.1 Å². The van der Waals surface area contributed by atoms with Crippen LogP contribution in [-0.2, 0) is 4.79 Å². The first-order chi connectivity index (χ1) is 12.1. The summed E-state index contributed by atoms with van der Waals surface area (Å²) >= 11 is 3.44. The highest BCUT2D eigenvalue weighted by Gasteiger charge is 2.35. The third-order valence-corrected chi connectivity index (χ3v) is 4.90. The van der Waals surface area contributed by atoms with E-state index in [0.717, 1.165) is 21.3 Å². The maximum absolute atomic E-state index is 12.5. The number of nitrogens with zero attached hydrogens (tertiary/aromatic N) is 3. The quantitative estimate of drug-likeness (QED) is 0.659. The summed E-state index contributed by atoms with van der Waals surface area (Å²) in [6.45, 7) is 2.57. The van der Waals surface area contributed by atoms with Gasteiger partial charge in [0.05, 0.1) is 5.92 Å². The molecule has 1 saturated heterocycles. The monoisotopic (exact) mass is 397 g/mol. The Hall–Kier alpha value is -2.47. The lowest BCUT2D eigenvalue weighted by Gasteiger charge is -2.18. The van der Waals surface area contributed by atoms with E-state index in [9.17, 15) is 4.79 Å². The summed E-state index contributed by atoms with van der Waals surface area (Å²) in [5.74, 6) is 1.06. The van der Waals surface area contributed by atoms with Gasteiger partial charge in [0.15, 0.2) is 0 Å². The van der Waals surface area contributed by atoms with Crippen molar-refractivity contribution in [2.75, 3.05) is 11.4 Å². The molecule has 25 heavy (non-hydrogen) atoms. The van der Waals surface area contributed by atoms with Gasteiger partial charge in [-0.3, -0.25) is 4.79 Å². The Morgan fingerprint density at radius 2 is 2.04 bits per heavy atom. The second-order valence-electron chi connectivity index (χ2n) is 6.16. The fraction of sp³-hybridized carbons (Fsp3) is 0.211. The second-order valence-corrected chi connectivity index (χ2v) is 7.07. The predicted molar refractivity (Wildman–Crippen MR) is 98.3 cm³/mol. The summed E-state index contributed by atoms with van der Waals surface area (Å²) in [7, 11) is 0. The van der Waals surface area contributed by atoms with Crippen molar-refractivity contribution in [2.24, 2.45) is 0 Å². The molecule has 2 aromatic carbocycles. The van der Waals surface area contributed by atoms with Crippen molar-refractivity contribution < 1.29 is 9.32 Å². The molecule has 3 aromatic rings. The van der Waals surface area contributed by atoms with E-state index in [0.29, 0.717) is 24.7 Å². The SMILES string of the molecule is Cc1ccccc1N1CC(c2nc(-c3cccc(Br)c3)no2)CC1=O. The number of aryl methyl sites for hydroxylation is 1. The number of para-hydroxylation sites is 1. The minimum Gasteiger partial charge on any atom is -0.339 e. The summed E-state index contributed by atoms with van der Waals surface area (Å²) < 4.78 is 6.41. The van der Waals surface area contributed by atoms with Crippen LogP contribution in [0.1, 0.15) is 23.8 Å². The Kier molecular flexibility index (Phi) is 4.13. The Morgan fingerprint density at radius 1 is 1.20 bits per heavy atom. The molecule has 0 saturated carbocycles. The first-order valence-corrected chi connectivity index (χ1v) is 8.86. The highest BCUT2D eigenvalue weighted by molar-refractivity contribution is 9.10. The topological polar surface area (TPSA) is 59.2 Å². The van der Waals surface area contributed by atoms with Crippen LogP contribution in [0.2, 0.25) is 0 Å². The van der Waals surface area contributed by atoms with E-state index in [2.05, 4.69) is 26.1 Å². The van der Waals surface area contributed by atoms with E-state index < -0.39 is 0 Å².